The van der Waals surface area contributed by atoms with E-state index in [0.29, 0.717) is 0 Å². The van der Waals surface area contributed by atoms with Gasteiger partial charge in [0.25, 0.3) is 0 Å². The lowest BCUT2D eigenvalue weighted by Crippen LogP contribution is -2.56. The third-order valence-electron chi connectivity index (χ3n) is 4.37. The highest BCUT2D eigenvalue weighted by Gasteiger charge is 2.52. The second-order valence-electron chi connectivity index (χ2n) is 6.72. The van der Waals surface area contributed by atoms with Gasteiger partial charge in [-0.1, -0.05) is 31.5 Å². The summed E-state index contributed by atoms with van der Waals surface area (Å²) in [6, 6.07) is 4.36. The average molecular weight is 248 g/mol. The molecule has 0 spiro atoms. The summed E-state index contributed by atoms with van der Waals surface area (Å²) in [5, 5.41) is 10.7. The van der Waals surface area contributed by atoms with Crippen molar-refractivity contribution in [2.24, 2.45) is 0 Å². The predicted octanol–water partition coefficient (Wildman–Crippen LogP) is 3.55. The predicted molar refractivity (Wildman–Crippen MR) is 73.7 cm³/mol. The molecule has 1 aromatic rings. The zero-order valence-corrected chi connectivity index (χ0v) is 12.5. The van der Waals surface area contributed by atoms with Gasteiger partial charge in [0.1, 0.15) is 0 Å². The van der Waals surface area contributed by atoms with Crippen molar-refractivity contribution in [1.82, 2.24) is 0 Å². The lowest BCUT2D eigenvalue weighted by molar-refractivity contribution is -0.292. The number of hydrogen-bond acceptors (Lipinski definition) is 2. The van der Waals surface area contributed by atoms with Crippen LogP contribution in [-0.2, 0) is 15.8 Å². The first-order valence-electron chi connectivity index (χ1n) is 6.54. The summed E-state index contributed by atoms with van der Waals surface area (Å²) >= 11 is 0. The third kappa shape index (κ3) is 1.70. The first-order chi connectivity index (χ1) is 7.99. The van der Waals surface area contributed by atoms with Crippen LogP contribution in [0.4, 0.5) is 0 Å². The van der Waals surface area contributed by atoms with Gasteiger partial charge in [0.15, 0.2) is 5.79 Å². The molecule has 2 rings (SSSR count). The van der Waals surface area contributed by atoms with Crippen LogP contribution in [-0.4, -0.2) is 10.9 Å². The van der Waals surface area contributed by atoms with E-state index in [1.54, 1.807) is 6.92 Å². The number of fused-ring (bicyclic) bond motifs is 1. The maximum Gasteiger partial charge on any atom is 0.172 e. The molecule has 0 saturated carbocycles. The summed E-state index contributed by atoms with van der Waals surface area (Å²) in [5.41, 5.74) is 3.98. The number of aliphatic hydroxyl groups is 1. The molecule has 1 unspecified atom stereocenters. The molecule has 0 saturated heterocycles. The minimum atomic E-state index is -1.16. The number of ether oxygens (including phenoxy) is 1. The van der Waals surface area contributed by atoms with E-state index in [2.05, 4.69) is 26.0 Å². The molecule has 1 aliphatic heterocycles. The van der Waals surface area contributed by atoms with Crippen molar-refractivity contribution >= 4 is 0 Å². The molecule has 1 heterocycles. The number of benzene rings is 1. The standard InChI is InChI=1S/C16H24O2/c1-10-8-11(2)13-12(9-10)15(5,6)18-16(7,17)14(13,3)4/h8-9,17H,1-7H3. The van der Waals surface area contributed by atoms with Gasteiger partial charge >= 0.3 is 0 Å². The van der Waals surface area contributed by atoms with Gasteiger partial charge in [-0.3, -0.25) is 0 Å². The number of rotatable bonds is 0. The molecule has 18 heavy (non-hydrogen) atoms. The van der Waals surface area contributed by atoms with E-state index >= 15 is 0 Å². The Balaban J connectivity index is 2.83. The minimum absolute atomic E-state index is 0.421. The van der Waals surface area contributed by atoms with Crippen LogP contribution in [0.25, 0.3) is 0 Å². The number of hydrogen-bond donors (Lipinski definition) is 1. The van der Waals surface area contributed by atoms with Crippen LogP contribution in [0.3, 0.4) is 0 Å². The van der Waals surface area contributed by atoms with E-state index < -0.39 is 16.8 Å². The SMILES string of the molecule is Cc1cc(C)c2c(c1)C(C)(C)OC(C)(O)C2(C)C. The van der Waals surface area contributed by atoms with Gasteiger partial charge in [-0.25, -0.2) is 0 Å². The van der Waals surface area contributed by atoms with Crippen molar-refractivity contribution in [3.63, 3.8) is 0 Å². The molecule has 0 amide bonds. The Bertz CT molecular complexity index is 496. The molecule has 2 nitrogen and oxygen atoms in total. The second kappa shape index (κ2) is 3.58. The van der Waals surface area contributed by atoms with Gasteiger partial charge in [0, 0.05) is 5.41 Å². The van der Waals surface area contributed by atoms with Crippen molar-refractivity contribution < 1.29 is 9.84 Å². The topological polar surface area (TPSA) is 29.5 Å². The molecular weight excluding hydrogens is 224 g/mol. The normalized spacial score (nSPS) is 28.9. The third-order valence-corrected chi connectivity index (χ3v) is 4.37. The molecule has 1 atom stereocenters. The Hall–Kier alpha value is -0.860. The highest BCUT2D eigenvalue weighted by molar-refractivity contribution is 5.48. The molecule has 100 valence electrons. The monoisotopic (exact) mass is 248 g/mol. The summed E-state index contributed by atoms with van der Waals surface area (Å²) in [6.07, 6.45) is 0. The summed E-state index contributed by atoms with van der Waals surface area (Å²) in [6.45, 7) is 14.1. The maximum absolute atomic E-state index is 10.7. The fourth-order valence-electron chi connectivity index (χ4n) is 3.18. The fraction of sp³-hybridized carbons (Fsp3) is 0.625. The summed E-state index contributed by atoms with van der Waals surface area (Å²) in [7, 11) is 0. The molecule has 0 aliphatic carbocycles. The average Bonchev–Trinajstić information content (AvgIpc) is 2.11. The van der Waals surface area contributed by atoms with Gasteiger partial charge in [-0.05, 0) is 51.3 Å². The fourth-order valence-corrected chi connectivity index (χ4v) is 3.18. The highest BCUT2D eigenvalue weighted by atomic mass is 16.6. The van der Waals surface area contributed by atoms with E-state index in [-0.39, 0.29) is 0 Å². The van der Waals surface area contributed by atoms with Crippen LogP contribution in [0.5, 0.6) is 0 Å². The summed E-state index contributed by atoms with van der Waals surface area (Å²) < 4.78 is 5.97. The van der Waals surface area contributed by atoms with E-state index in [1.807, 2.05) is 27.7 Å². The molecule has 1 aromatic carbocycles. The van der Waals surface area contributed by atoms with Crippen molar-refractivity contribution in [2.45, 2.75) is 65.3 Å². The lowest BCUT2D eigenvalue weighted by atomic mass is 9.68. The molecule has 1 aliphatic rings. The molecule has 1 N–H and O–H groups in total. The maximum atomic E-state index is 10.7. The first kappa shape index (κ1) is 13.6. The lowest BCUT2D eigenvalue weighted by Gasteiger charge is -2.52. The van der Waals surface area contributed by atoms with E-state index in [1.165, 1.54) is 22.3 Å². The smallest absolute Gasteiger partial charge is 0.172 e. The Morgan fingerprint density at radius 3 is 2.11 bits per heavy atom. The van der Waals surface area contributed by atoms with Crippen LogP contribution in [0.1, 0.15) is 56.9 Å². The highest BCUT2D eigenvalue weighted by Crippen LogP contribution is 2.50. The van der Waals surface area contributed by atoms with Gasteiger partial charge in [0.2, 0.25) is 0 Å². The molecule has 2 heteroatoms. The molecule has 0 fully saturated rings. The van der Waals surface area contributed by atoms with Crippen LogP contribution >= 0.6 is 0 Å². The van der Waals surface area contributed by atoms with Gasteiger partial charge in [0.05, 0.1) is 5.60 Å². The summed E-state index contributed by atoms with van der Waals surface area (Å²) in [4.78, 5) is 0. The van der Waals surface area contributed by atoms with Crippen LogP contribution in [0.15, 0.2) is 12.1 Å². The van der Waals surface area contributed by atoms with E-state index in [0.717, 1.165) is 0 Å². The van der Waals surface area contributed by atoms with Crippen molar-refractivity contribution in [3.8, 4) is 0 Å². The van der Waals surface area contributed by atoms with Crippen LogP contribution in [0, 0.1) is 13.8 Å². The first-order valence-corrected chi connectivity index (χ1v) is 6.54. The largest absolute Gasteiger partial charge is 0.365 e. The zero-order valence-electron chi connectivity index (χ0n) is 12.5. The Kier molecular flexibility index (Phi) is 2.70. The number of aryl methyl sites for hydroxylation is 2. The zero-order chi connectivity index (χ0) is 13.9. The quantitative estimate of drug-likeness (QED) is 0.760. The Labute approximate surface area is 110 Å². The van der Waals surface area contributed by atoms with Crippen molar-refractivity contribution in [3.05, 3.63) is 34.4 Å². The van der Waals surface area contributed by atoms with Crippen LogP contribution < -0.4 is 0 Å². The van der Waals surface area contributed by atoms with Crippen molar-refractivity contribution in [2.75, 3.05) is 0 Å². The molecule has 0 aromatic heterocycles. The molecular formula is C16H24O2. The molecule has 0 radical (unpaired) electrons. The van der Waals surface area contributed by atoms with Gasteiger partial charge < -0.3 is 9.84 Å². The van der Waals surface area contributed by atoms with Gasteiger partial charge in [-0.2, -0.15) is 0 Å². The Morgan fingerprint density at radius 1 is 1.00 bits per heavy atom. The Morgan fingerprint density at radius 2 is 1.56 bits per heavy atom. The second-order valence-corrected chi connectivity index (χ2v) is 6.72. The van der Waals surface area contributed by atoms with Crippen molar-refractivity contribution in [1.29, 1.82) is 0 Å². The summed E-state index contributed by atoms with van der Waals surface area (Å²) in [5.74, 6) is -1.16. The van der Waals surface area contributed by atoms with E-state index in [9.17, 15) is 5.11 Å². The minimum Gasteiger partial charge on any atom is -0.365 e. The van der Waals surface area contributed by atoms with E-state index in [4.69, 9.17) is 4.74 Å². The van der Waals surface area contributed by atoms with Gasteiger partial charge in [-0.15, -0.1) is 0 Å². The van der Waals surface area contributed by atoms with Crippen LogP contribution in [0.2, 0.25) is 0 Å². The molecule has 0 bridgehead atoms.